The predicted octanol–water partition coefficient (Wildman–Crippen LogP) is 1.69. The second-order valence-corrected chi connectivity index (χ2v) is 5.29. The molecule has 2 aromatic heterocycles. The lowest BCUT2D eigenvalue weighted by atomic mass is 10.1. The zero-order valence-electron chi connectivity index (χ0n) is 13.0. The van der Waals surface area contributed by atoms with Crippen molar-refractivity contribution in [1.29, 1.82) is 0 Å². The van der Waals surface area contributed by atoms with Gasteiger partial charge in [0, 0.05) is 18.5 Å². The zero-order chi connectivity index (χ0) is 17.8. The molecule has 25 heavy (non-hydrogen) atoms. The van der Waals surface area contributed by atoms with E-state index in [2.05, 4.69) is 15.4 Å². The summed E-state index contributed by atoms with van der Waals surface area (Å²) < 4.78 is 14.3. The largest absolute Gasteiger partial charge is 0.366 e. The Balaban J connectivity index is 1.71. The van der Waals surface area contributed by atoms with E-state index < -0.39 is 5.91 Å². The van der Waals surface area contributed by atoms with E-state index in [9.17, 15) is 14.0 Å². The molecule has 0 aliphatic heterocycles. The molecular weight excluding hydrogens is 325 g/mol. The summed E-state index contributed by atoms with van der Waals surface area (Å²) in [5, 5.41) is 6.71. The molecule has 0 saturated carbocycles. The minimum atomic E-state index is -0.576. The average Bonchev–Trinajstić information content (AvgIpc) is 3.07. The quantitative estimate of drug-likeness (QED) is 0.738. The number of amides is 2. The van der Waals surface area contributed by atoms with Crippen LogP contribution in [0.3, 0.4) is 0 Å². The highest BCUT2D eigenvalue weighted by molar-refractivity contribution is 5.92. The van der Waals surface area contributed by atoms with Crippen LogP contribution in [0.15, 0.2) is 55.0 Å². The number of aromatic nitrogens is 3. The normalized spacial score (nSPS) is 10.4. The van der Waals surface area contributed by atoms with E-state index in [0.29, 0.717) is 17.1 Å². The van der Waals surface area contributed by atoms with Gasteiger partial charge in [0.25, 0.3) is 5.91 Å². The molecule has 2 heterocycles. The maximum absolute atomic E-state index is 12.9. The van der Waals surface area contributed by atoms with E-state index in [4.69, 9.17) is 5.73 Å². The molecule has 2 amide bonds. The van der Waals surface area contributed by atoms with Crippen molar-refractivity contribution in [3.63, 3.8) is 0 Å². The number of anilines is 1. The number of carbonyl (C=O) groups is 2. The summed E-state index contributed by atoms with van der Waals surface area (Å²) in [6.07, 6.45) is 4.45. The lowest BCUT2D eigenvalue weighted by Gasteiger charge is -2.07. The predicted molar refractivity (Wildman–Crippen MR) is 88.6 cm³/mol. The van der Waals surface area contributed by atoms with Gasteiger partial charge in [0.2, 0.25) is 5.91 Å². The Kier molecular flexibility index (Phi) is 4.51. The molecule has 0 radical (unpaired) electrons. The van der Waals surface area contributed by atoms with Crippen molar-refractivity contribution in [2.45, 2.75) is 6.42 Å². The Bertz CT molecular complexity index is 921. The van der Waals surface area contributed by atoms with Gasteiger partial charge in [-0.15, -0.1) is 0 Å². The summed E-state index contributed by atoms with van der Waals surface area (Å²) in [6, 6.07) is 8.99. The molecule has 126 valence electrons. The molecule has 0 atom stereocenters. The van der Waals surface area contributed by atoms with Crippen molar-refractivity contribution in [3.8, 4) is 5.69 Å². The van der Waals surface area contributed by atoms with Crippen molar-refractivity contribution in [2.75, 3.05) is 5.32 Å². The minimum absolute atomic E-state index is 0.0970. The summed E-state index contributed by atoms with van der Waals surface area (Å²) in [4.78, 5) is 27.3. The molecule has 3 N–H and O–H groups in total. The number of nitrogens with zero attached hydrogens (tertiary/aromatic N) is 3. The van der Waals surface area contributed by atoms with Gasteiger partial charge in [-0.25, -0.2) is 14.1 Å². The molecule has 8 heteroatoms. The van der Waals surface area contributed by atoms with Crippen LogP contribution in [-0.2, 0) is 11.2 Å². The second kappa shape index (κ2) is 6.91. The number of rotatable bonds is 5. The topological polar surface area (TPSA) is 103 Å². The van der Waals surface area contributed by atoms with Crippen LogP contribution >= 0.6 is 0 Å². The number of hydrogen-bond acceptors (Lipinski definition) is 4. The van der Waals surface area contributed by atoms with E-state index >= 15 is 0 Å². The summed E-state index contributed by atoms with van der Waals surface area (Å²) in [7, 11) is 0. The molecule has 0 aliphatic carbocycles. The van der Waals surface area contributed by atoms with Crippen LogP contribution < -0.4 is 11.1 Å². The molecule has 0 fully saturated rings. The maximum atomic E-state index is 12.9. The Hall–Kier alpha value is -3.55. The third-order valence-electron chi connectivity index (χ3n) is 3.42. The van der Waals surface area contributed by atoms with Gasteiger partial charge in [-0.2, -0.15) is 5.10 Å². The Labute approximate surface area is 142 Å². The van der Waals surface area contributed by atoms with Gasteiger partial charge in [-0.05, 0) is 23.8 Å². The lowest BCUT2D eigenvalue weighted by Crippen LogP contribution is -2.15. The fourth-order valence-corrected chi connectivity index (χ4v) is 2.20. The van der Waals surface area contributed by atoms with E-state index in [1.165, 1.54) is 35.4 Å². The average molecular weight is 339 g/mol. The first-order chi connectivity index (χ1) is 12.0. The van der Waals surface area contributed by atoms with Gasteiger partial charge >= 0.3 is 0 Å². The molecule has 0 saturated heterocycles. The van der Waals surface area contributed by atoms with Crippen molar-refractivity contribution >= 4 is 17.6 Å². The van der Waals surface area contributed by atoms with Gasteiger partial charge in [0.05, 0.1) is 23.9 Å². The second-order valence-electron chi connectivity index (χ2n) is 5.29. The van der Waals surface area contributed by atoms with Crippen molar-refractivity contribution in [1.82, 2.24) is 14.8 Å². The number of carbonyl (C=O) groups excluding carboxylic acids is 2. The highest BCUT2D eigenvalue weighted by Crippen LogP contribution is 2.13. The molecule has 7 nitrogen and oxygen atoms in total. The number of nitrogens with two attached hydrogens (primary N) is 1. The first kappa shape index (κ1) is 16.3. The van der Waals surface area contributed by atoms with Crippen LogP contribution in [-0.4, -0.2) is 26.6 Å². The van der Waals surface area contributed by atoms with Gasteiger partial charge < -0.3 is 11.1 Å². The van der Waals surface area contributed by atoms with Gasteiger partial charge in [0.15, 0.2) is 0 Å². The summed E-state index contributed by atoms with van der Waals surface area (Å²) in [6.45, 7) is 0. The fourth-order valence-electron chi connectivity index (χ4n) is 2.20. The lowest BCUT2D eigenvalue weighted by molar-refractivity contribution is -0.115. The molecular formula is C17H14FN5O2. The van der Waals surface area contributed by atoms with Crippen molar-refractivity contribution in [3.05, 3.63) is 71.9 Å². The van der Waals surface area contributed by atoms with Crippen LogP contribution in [0.2, 0.25) is 0 Å². The number of pyridine rings is 1. The molecule has 0 aliphatic rings. The summed E-state index contributed by atoms with van der Waals surface area (Å²) in [5.41, 5.74) is 6.77. The fraction of sp³-hybridized carbons (Fsp3) is 0.0588. The molecule has 0 bridgehead atoms. The molecule has 1 aromatic carbocycles. The number of halogens is 1. The van der Waals surface area contributed by atoms with Gasteiger partial charge in [0.1, 0.15) is 11.6 Å². The van der Waals surface area contributed by atoms with Crippen molar-refractivity contribution in [2.24, 2.45) is 5.73 Å². The Morgan fingerprint density at radius 1 is 1.20 bits per heavy atom. The van der Waals surface area contributed by atoms with Crippen molar-refractivity contribution < 1.29 is 14.0 Å². The smallest absolute Gasteiger partial charge is 0.251 e. The Morgan fingerprint density at radius 3 is 2.64 bits per heavy atom. The summed E-state index contributed by atoms with van der Waals surface area (Å²) >= 11 is 0. The number of benzene rings is 1. The van der Waals surface area contributed by atoms with Gasteiger partial charge in [-0.1, -0.05) is 12.1 Å². The van der Waals surface area contributed by atoms with Crippen LogP contribution in [0.4, 0.5) is 10.2 Å². The first-order valence-corrected chi connectivity index (χ1v) is 7.36. The highest BCUT2D eigenvalue weighted by Gasteiger charge is 2.09. The third kappa shape index (κ3) is 4.05. The minimum Gasteiger partial charge on any atom is -0.366 e. The maximum Gasteiger partial charge on any atom is 0.251 e. The number of nitrogens with one attached hydrogen (secondary N) is 1. The monoisotopic (exact) mass is 339 g/mol. The van der Waals surface area contributed by atoms with E-state index in [1.807, 2.05) is 0 Å². The molecule has 3 aromatic rings. The third-order valence-corrected chi connectivity index (χ3v) is 3.42. The van der Waals surface area contributed by atoms with E-state index in [1.54, 1.807) is 24.3 Å². The van der Waals surface area contributed by atoms with E-state index in [-0.39, 0.29) is 23.7 Å². The number of primary amides is 1. The molecule has 3 rings (SSSR count). The van der Waals surface area contributed by atoms with Gasteiger partial charge in [-0.3, -0.25) is 9.59 Å². The SMILES string of the molecule is NC(=O)c1cnn(-c2ccnc(NC(=O)Cc3ccc(F)cc3)c2)c1. The zero-order valence-corrected chi connectivity index (χ0v) is 13.0. The van der Waals surface area contributed by atoms with Crippen LogP contribution in [0, 0.1) is 5.82 Å². The van der Waals surface area contributed by atoms with E-state index in [0.717, 1.165) is 0 Å². The molecule has 0 spiro atoms. The van der Waals surface area contributed by atoms with Crippen LogP contribution in [0.25, 0.3) is 5.69 Å². The highest BCUT2D eigenvalue weighted by atomic mass is 19.1. The Morgan fingerprint density at radius 2 is 1.96 bits per heavy atom. The van der Waals surface area contributed by atoms with Crippen LogP contribution in [0.5, 0.6) is 0 Å². The standard InChI is InChI=1S/C17H14FN5O2/c18-13-3-1-11(2-4-13)7-16(24)22-15-8-14(5-6-20-15)23-10-12(9-21-23)17(19)25/h1-6,8-10H,7H2,(H2,19,25)(H,20,22,24). The van der Waals surface area contributed by atoms with Crippen LogP contribution in [0.1, 0.15) is 15.9 Å². The first-order valence-electron chi connectivity index (χ1n) is 7.36. The number of hydrogen-bond donors (Lipinski definition) is 2. The molecule has 0 unspecified atom stereocenters. The summed E-state index contributed by atoms with van der Waals surface area (Å²) in [5.74, 6) is -0.878.